The molecule has 0 unspecified atom stereocenters. The molecular weight excluding hydrogens is 524 g/mol. The van der Waals surface area contributed by atoms with Crippen molar-refractivity contribution in [3.8, 4) is 28.7 Å². The average molecular weight is 561 g/mol. The fourth-order valence-electron chi connectivity index (χ4n) is 5.70. The summed E-state index contributed by atoms with van der Waals surface area (Å²) < 4.78 is 35.3. The first-order valence-corrected chi connectivity index (χ1v) is 12.8. The second kappa shape index (κ2) is 11.5. The molecule has 1 aliphatic heterocycles. The highest BCUT2D eigenvalue weighted by Gasteiger charge is 2.44. The number of aliphatic hydroxyl groups excluding tert-OH is 3. The van der Waals surface area contributed by atoms with Crippen LogP contribution >= 0.6 is 0 Å². The van der Waals surface area contributed by atoms with Gasteiger partial charge in [0.15, 0.2) is 0 Å². The van der Waals surface area contributed by atoms with Crippen LogP contribution in [0.3, 0.4) is 0 Å². The highest BCUT2D eigenvalue weighted by atomic mass is 16.5. The van der Waals surface area contributed by atoms with Crippen LogP contribution in [0, 0.1) is 6.92 Å². The molecule has 0 aromatic heterocycles. The van der Waals surface area contributed by atoms with Gasteiger partial charge in [0.2, 0.25) is 0 Å². The smallest absolute Gasteiger partial charge is 0.303 e. The van der Waals surface area contributed by atoms with E-state index in [2.05, 4.69) is 0 Å². The van der Waals surface area contributed by atoms with Gasteiger partial charge in [-0.2, -0.15) is 0 Å². The third-order valence-electron chi connectivity index (χ3n) is 7.67. The van der Waals surface area contributed by atoms with Crippen LogP contribution in [0.5, 0.6) is 28.7 Å². The Labute approximate surface area is 231 Å². The highest BCUT2D eigenvalue weighted by Crippen LogP contribution is 2.55. The summed E-state index contributed by atoms with van der Waals surface area (Å²) in [6, 6.07) is 3.43. The zero-order chi connectivity index (χ0) is 29.5. The lowest BCUT2D eigenvalue weighted by Gasteiger charge is -2.40. The first kappa shape index (κ1) is 29.5. The fraction of sp³-hybridized carbons (Fsp3) is 0.483. The predicted octanol–water partition coefficient (Wildman–Crippen LogP) is 2.90. The Balaban J connectivity index is 2.18. The molecule has 0 amide bonds. The molecule has 1 fully saturated rings. The zero-order valence-electron chi connectivity index (χ0n) is 23.6. The number of carboxylic acid groups (broad SMARTS) is 1. The maximum Gasteiger partial charge on any atom is 0.303 e. The quantitative estimate of drug-likeness (QED) is 0.286. The Morgan fingerprint density at radius 2 is 1.43 bits per heavy atom. The number of carboxylic acids is 1. The number of hydrogen-bond acceptors (Lipinski definition) is 10. The SMILES string of the molecule is COc1cc2c(OC)c3c(OC)cc([C@H]4O[C@@H](C)[C@@H](O)[C@@H](O)[C@@H]4O)c(OC)c3c(OC)c2c(C)c1CCC(=O)O. The predicted molar refractivity (Wildman–Crippen MR) is 146 cm³/mol. The number of benzene rings is 3. The summed E-state index contributed by atoms with van der Waals surface area (Å²) in [5.41, 5.74) is 1.81. The number of methoxy groups -OCH3 is 5. The number of aliphatic hydroxyl groups is 3. The topological polar surface area (TPSA) is 153 Å². The largest absolute Gasteiger partial charge is 0.496 e. The molecule has 0 aliphatic carbocycles. The van der Waals surface area contributed by atoms with Crippen molar-refractivity contribution in [1.29, 1.82) is 0 Å². The van der Waals surface area contributed by atoms with Gasteiger partial charge >= 0.3 is 5.97 Å². The molecule has 0 bridgehead atoms. The second-order valence-corrected chi connectivity index (χ2v) is 9.75. The number of ether oxygens (including phenoxy) is 6. The zero-order valence-corrected chi connectivity index (χ0v) is 23.6. The normalized spacial score (nSPS) is 22.8. The van der Waals surface area contributed by atoms with Crippen LogP contribution in [0.15, 0.2) is 12.1 Å². The van der Waals surface area contributed by atoms with Crippen molar-refractivity contribution in [2.45, 2.75) is 57.2 Å². The lowest BCUT2D eigenvalue weighted by molar-refractivity contribution is -0.219. The third-order valence-corrected chi connectivity index (χ3v) is 7.67. The van der Waals surface area contributed by atoms with Gasteiger partial charge in [0.25, 0.3) is 0 Å². The van der Waals surface area contributed by atoms with Gasteiger partial charge in [0.1, 0.15) is 53.2 Å². The molecule has 0 saturated carbocycles. The molecule has 11 nitrogen and oxygen atoms in total. The number of aryl methyl sites for hydroxylation is 1. The molecule has 4 rings (SSSR count). The monoisotopic (exact) mass is 560 g/mol. The molecule has 1 saturated heterocycles. The summed E-state index contributed by atoms with van der Waals surface area (Å²) >= 11 is 0. The molecule has 40 heavy (non-hydrogen) atoms. The van der Waals surface area contributed by atoms with Gasteiger partial charge in [-0.15, -0.1) is 0 Å². The van der Waals surface area contributed by atoms with Gasteiger partial charge in [0.05, 0.1) is 52.4 Å². The van der Waals surface area contributed by atoms with Crippen LogP contribution in [0.1, 0.15) is 36.1 Å². The van der Waals surface area contributed by atoms with E-state index in [9.17, 15) is 25.2 Å². The van der Waals surface area contributed by atoms with Gasteiger partial charge in [-0.1, -0.05) is 0 Å². The molecule has 218 valence electrons. The standard InChI is InChI=1S/C29H36O11/c1-12-14(8-9-19(30)31)17(35-3)10-15-20(12)29(39-7)22-21(26(15)37-5)18(36-4)11-16(27(22)38-6)28-25(34)24(33)23(32)13(2)40-28/h10-11,13,23-25,28,32-34H,8-9H2,1-7H3,(H,30,31)/t13-,23+,24+,25-,28+/m0/s1. The number of carbonyl (C=O) groups is 1. The Morgan fingerprint density at radius 3 is 1.98 bits per heavy atom. The Kier molecular flexibility index (Phi) is 8.50. The van der Waals surface area contributed by atoms with E-state index in [0.29, 0.717) is 55.7 Å². The summed E-state index contributed by atoms with van der Waals surface area (Å²) in [7, 11) is 7.50. The minimum Gasteiger partial charge on any atom is -0.496 e. The molecule has 0 radical (unpaired) electrons. The van der Waals surface area contributed by atoms with Crippen molar-refractivity contribution in [2.75, 3.05) is 35.5 Å². The number of fused-ring (bicyclic) bond motifs is 2. The lowest BCUT2D eigenvalue weighted by atomic mass is 9.87. The maximum atomic E-state index is 11.4. The minimum absolute atomic E-state index is 0.0969. The molecule has 5 atom stereocenters. The van der Waals surface area contributed by atoms with Gasteiger partial charge in [-0.05, 0) is 43.5 Å². The van der Waals surface area contributed by atoms with E-state index in [0.717, 1.165) is 5.56 Å². The summed E-state index contributed by atoms with van der Waals surface area (Å²) in [6.07, 6.45) is -5.93. The van der Waals surface area contributed by atoms with Gasteiger partial charge in [0, 0.05) is 22.8 Å². The molecule has 4 N–H and O–H groups in total. The summed E-state index contributed by atoms with van der Waals surface area (Å²) in [4.78, 5) is 11.4. The van der Waals surface area contributed by atoms with E-state index in [1.807, 2.05) is 6.92 Å². The summed E-state index contributed by atoms with van der Waals surface area (Å²) in [5, 5.41) is 43.3. The number of rotatable bonds is 9. The number of aliphatic carboxylic acids is 1. The Bertz CT molecular complexity index is 1430. The third kappa shape index (κ3) is 4.62. The van der Waals surface area contributed by atoms with E-state index in [4.69, 9.17) is 28.4 Å². The lowest BCUT2D eigenvalue weighted by Crippen LogP contribution is -2.53. The molecule has 11 heteroatoms. The molecule has 3 aromatic carbocycles. The van der Waals surface area contributed by atoms with E-state index in [1.165, 1.54) is 35.5 Å². The molecule has 3 aromatic rings. The maximum absolute atomic E-state index is 11.4. The van der Waals surface area contributed by atoms with E-state index in [-0.39, 0.29) is 18.6 Å². The molecular formula is C29H36O11. The second-order valence-electron chi connectivity index (χ2n) is 9.75. The average Bonchev–Trinajstić information content (AvgIpc) is 2.94. The van der Waals surface area contributed by atoms with Crippen LogP contribution in [-0.2, 0) is 16.0 Å². The van der Waals surface area contributed by atoms with Crippen LogP contribution in [0.4, 0.5) is 0 Å². The van der Waals surface area contributed by atoms with Crippen LogP contribution in [0.25, 0.3) is 21.5 Å². The van der Waals surface area contributed by atoms with Gasteiger partial charge < -0.3 is 48.8 Å². The molecule has 1 aliphatic rings. The van der Waals surface area contributed by atoms with E-state index < -0.39 is 36.5 Å². The first-order chi connectivity index (χ1) is 19.1. The van der Waals surface area contributed by atoms with E-state index in [1.54, 1.807) is 19.1 Å². The van der Waals surface area contributed by atoms with E-state index >= 15 is 0 Å². The first-order valence-electron chi connectivity index (χ1n) is 12.8. The fourth-order valence-corrected chi connectivity index (χ4v) is 5.70. The minimum atomic E-state index is -1.47. The van der Waals surface area contributed by atoms with Crippen LogP contribution in [0.2, 0.25) is 0 Å². The Hall–Kier alpha value is -3.51. The van der Waals surface area contributed by atoms with Crippen molar-refractivity contribution < 1.29 is 53.6 Å². The van der Waals surface area contributed by atoms with Crippen molar-refractivity contribution in [2.24, 2.45) is 0 Å². The van der Waals surface area contributed by atoms with Gasteiger partial charge in [-0.3, -0.25) is 4.79 Å². The summed E-state index contributed by atoms with van der Waals surface area (Å²) in [5.74, 6) is 1.06. The van der Waals surface area contributed by atoms with Crippen LogP contribution in [-0.4, -0.2) is 86.4 Å². The molecule has 1 heterocycles. The van der Waals surface area contributed by atoms with Crippen molar-refractivity contribution >= 4 is 27.5 Å². The van der Waals surface area contributed by atoms with Crippen molar-refractivity contribution in [3.63, 3.8) is 0 Å². The number of hydrogen-bond donors (Lipinski definition) is 4. The highest BCUT2D eigenvalue weighted by molar-refractivity contribution is 6.17. The van der Waals surface area contributed by atoms with Crippen LogP contribution < -0.4 is 23.7 Å². The Morgan fingerprint density at radius 1 is 0.800 bits per heavy atom. The van der Waals surface area contributed by atoms with Gasteiger partial charge in [-0.25, -0.2) is 0 Å². The summed E-state index contributed by atoms with van der Waals surface area (Å²) in [6.45, 7) is 3.46. The van der Waals surface area contributed by atoms with Crippen molar-refractivity contribution in [3.05, 3.63) is 28.8 Å². The van der Waals surface area contributed by atoms with Crippen molar-refractivity contribution in [1.82, 2.24) is 0 Å². The molecule has 0 spiro atoms.